The molecule has 10 heteroatoms. The lowest BCUT2D eigenvalue weighted by atomic mass is 10.0. The Morgan fingerprint density at radius 3 is 2.74 bits per heavy atom. The number of carbonyl (C=O) groups is 1. The number of methoxy groups -OCH3 is 1. The number of hydrogen-bond donors (Lipinski definition) is 2. The van der Waals surface area contributed by atoms with E-state index < -0.39 is 0 Å². The van der Waals surface area contributed by atoms with Crippen LogP contribution in [0, 0.1) is 0 Å². The van der Waals surface area contributed by atoms with Crippen molar-refractivity contribution >= 4 is 23.2 Å². The van der Waals surface area contributed by atoms with Crippen molar-refractivity contribution in [2.75, 3.05) is 12.4 Å². The van der Waals surface area contributed by atoms with Crippen LogP contribution in [-0.2, 0) is 21.6 Å². The summed E-state index contributed by atoms with van der Waals surface area (Å²) in [6, 6.07) is 4.11. The summed E-state index contributed by atoms with van der Waals surface area (Å²) in [5.41, 5.74) is 2.46. The van der Waals surface area contributed by atoms with E-state index >= 15 is 0 Å². The van der Waals surface area contributed by atoms with Crippen LogP contribution in [0.15, 0.2) is 24.5 Å². The molecule has 0 saturated heterocycles. The van der Waals surface area contributed by atoms with Gasteiger partial charge in [-0.25, -0.2) is 19.0 Å². The summed E-state index contributed by atoms with van der Waals surface area (Å²) in [5, 5.41) is 15.8. The smallest absolute Gasteiger partial charge is 0.407 e. The minimum absolute atomic E-state index is 0.0558. The van der Waals surface area contributed by atoms with Gasteiger partial charge in [-0.3, -0.25) is 0 Å². The molecule has 1 fully saturated rings. The highest BCUT2D eigenvalue weighted by Crippen LogP contribution is 2.38. The van der Waals surface area contributed by atoms with Crippen molar-refractivity contribution in [3.63, 3.8) is 0 Å². The Balaban J connectivity index is 1.56. The lowest BCUT2D eigenvalue weighted by molar-refractivity contribution is 0.0981. The van der Waals surface area contributed by atoms with E-state index in [1.165, 1.54) is 0 Å². The maximum Gasteiger partial charge on any atom is 0.407 e. The van der Waals surface area contributed by atoms with Gasteiger partial charge in [0.15, 0.2) is 5.82 Å². The number of hydrogen-bond acceptors (Lipinski definition) is 7. The molecular formula is C24H35N7O3. The first-order valence-corrected chi connectivity index (χ1v) is 11.8. The van der Waals surface area contributed by atoms with Gasteiger partial charge in [-0.1, -0.05) is 0 Å². The molecule has 3 aromatic heterocycles. The summed E-state index contributed by atoms with van der Waals surface area (Å²) in [6.45, 7) is 10.6. The first kappa shape index (κ1) is 24.0. The molecule has 4 rings (SSSR count). The number of nitrogens with one attached hydrogen (secondary N) is 2. The van der Waals surface area contributed by atoms with Gasteiger partial charge in [-0.15, -0.1) is 0 Å². The fraction of sp³-hybridized carbons (Fsp3) is 0.583. The average molecular weight is 470 g/mol. The van der Waals surface area contributed by atoms with Gasteiger partial charge < -0.3 is 20.1 Å². The molecule has 10 nitrogen and oxygen atoms in total. The molecule has 184 valence electrons. The van der Waals surface area contributed by atoms with Gasteiger partial charge in [0, 0.05) is 37.5 Å². The van der Waals surface area contributed by atoms with Crippen LogP contribution in [0.4, 0.5) is 16.4 Å². The van der Waals surface area contributed by atoms with E-state index in [1.807, 2.05) is 30.8 Å². The molecule has 0 radical (unpaired) electrons. The number of aromatic nitrogens is 5. The highest BCUT2D eigenvalue weighted by molar-refractivity contribution is 5.72. The van der Waals surface area contributed by atoms with Gasteiger partial charge in [-0.2, -0.15) is 10.2 Å². The van der Waals surface area contributed by atoms with Crippen LogP contribution in [0.1, 0.15) is 71.2 Å². The lowest BCUT2D eigenvalue weighted by Crippen LogP contribution is -2.33. The molecule has 2 N–H and O–H groups in total. The third kappa shape index (κ3) is 5.32. The van der Waals surface area contributed by atoms with E-state index in [0.29, 0.717) is 12.4 Å². The molecule has 1 aliphatic rings. The Labute approximate surface area is 200 Å². The van der Waals surface area contributed by atoms with E-state index in [1.54, 1.807) is 17.8 Å². The number of carbonyl (C=O) groups excluding carboxylic acids is 1. The zero-order valence-corrected chi connectivity index (χ0v) is 20.8. The molecule has 1 aliphatic carbocycles. The standard InChI is InChI=1S/C24H35N7O3/c1-15(2)26-23(32)34-18-8-7-16(11-18)19-13-21(31(29-19)24(3,4)5)27-22-20-12-17(14-33-6)28-30(20)10-9-25-22/h9-10,12-13,15-16,18H,7-8,11,14H2,1-6H3,(H,25,27)(H,26,32)/t16-,18+/m1/s1. The zero-order valence-electron chi connectivity index (χ0n) is 20.8. The summed E-state index contributed by atoms with van der Waals surface area (Å²) < 4.78 is 14.6. The molecule has 0 spiro atoms. The van der Waals surface area contributed by atoms with Crippen molar-refractivity contribution in [2.45, 2.75) is 84.1 Å². The van der Waals surface area contributed by atoms with Gasteiger partial charge in [0.05, 0.1) is 23.5 Å². The predicted molar refractivity (Wildman–Crippen MR) is 129 cm³/mol. The second-order valence-corrected chi connectivity index (χ2v) is 10.2. The number of rotatable bonds is 7. The Bertz CT molecular complexity index is 1150. The second kappa shape index (κ2) is 9.61. The van der Waals surface area contributed by atoms with Gasteiger partial charge in [0.25, 0.3) is 0 Å². The number of alkyl carbamates (subject to hydrolysis) is 1. The summed E-state index contributed by atoms with van der Waals surface area (Å²) in [6.07, 6.45) is 5.62. The summed E-state index contributed by atoms with van der Waals surface area (Å²) in [4.78, 5) is 16.6. The summed E-state index contributed by atoms with van der Waals surface area (Å²) in [5.74, 6) is 1.79. The monoisotopic (exact) mass is 469 g/mol. The van der Waals surface area contributed by atoms with Crippen molar-refractivity contribution in [2.24, 2.45) is 0 Å². The van der Waals surface area contributed by atoms with Crippen LogP contribution < -0.4 is 10.6 Å². The first-order valence-electron chi connectivity index (χ1n) is 11.8. The maximum atomic E-state index is 12.0. The molecule has 1 amide bonds. The van der Waals surface area contributed by atoms with E-state index in [-0.39, 0.29) is 29.7 Å². The molecule has 1 saturated carbocycles. The first-order chi connectivity index (χ1) is 16.1. The Kier molecular flexibility index (Phi) is 6.79. The number of ether oxygens (including phenoxy) is 2. The van der Waals surface area contributed by atoms with Crippen molar-refractivity contribution in [1.29, 1.82) is 0 Å². The minimum atomic E-state index is -0.351. The van der Waals surface area contributed by atoms with Crippen LogP contribution in [0.2, 0.25) is 0 Å². The molecule has 3 heterocycles. The zero-order chi connectivity index (χ0) is 24.5. The highest BCUT2D eigenvalue weighted by Gasteiger charge is 2.32. The van der Waals surface area contributed by atoms with Crippen LogP contribution in [0.3, 0.4) is 0 Å². The fourth-order valence-electron chi connectivity index (χ4n) is 4.34. The van der Waals surface area contributed by atoms with Crippen molar-refractivity contribution in [3.8, 4) is 0 Å². The van der Waals surface area contributed by atoms with Crippen LogP contribution in [0.25, 0.3) is 5.52 Å². The van der Waals surface area contributed by atoms with E-state index in [2.05, 4.69) is 47.6 Å². The summed E-state index contributed by atoms with van der Waals surface area (Å²) >= 11 is 0. The van der Waals surface area contributed by atoms with Crippen LogP contribution in [0.5, 0.6) is 0 Å². The van der Waals surface area contributed by atoms with E-state index in [9.17, 15) is 4.79 Å². The van der Waals surface area contributed by atoms with Gasteiger partial charge >= 0.3 is 6.09 Å². The second-order valence-electron chi connectivity index (χ2n) is 10.2. The fourth-order valence-corrected chi connectivity index (χ4v) is 4.34. The quantitative estimate of drug-likeness (QED) is 0.530. The number of amides is 1. The SMILES string of the molecule is COCc1cc2c(Nc3cc([C@@H]4CC[C@H](OC(=O)NC(C)C)C4)nn3C(C)(C)C)nccn2n1. The minimum Gasteiger partial charge on any atom is -0.446 e. The highest BCUT2D eigenvalue weighted by atomic mass is 16.6. The van der Waals surface area contributed by atoms with E-state index in [0.717, 1.165) is 42.0 Å². The largest absolute Gasteiger partial charge is 0.446 e. The molecule has 0 bridgehead atoms. The van der Waals surface area contributed by atoms with Crippen LogP contribution >= 0.6 is 0 Å². The molecule has 2 atom stereocenters. The van der Waals surface area contributed by atoms with E-state index in [4.69, 9.17) is 14.6 Å². The number of nitrogens with zero attached hydrogens (tertiary/aromatic N) is 5. The maximum absolute atomic E-state index is 12.0. The average Bonchev–Trinajstić information content (AvgIpc) is 3.45. The van der Waals surface area contributed by atoms with Gasteiger partial charge in [0.1, 0.15) is 17.4 Å². The third-order valence-corrected chi connectivity index (χ3v) is 5.83. The Morgan fingerprint density at radius 1 is 1.24 bits per heavy atom. The topological polar surface area (TPSA) is 108 Å². The Morgan fingerprint density at radius 2 is 2.03 bits per heavy atom. The third-order valence-electron chi connectivity index (χ3n) is 5.83. The van der Waals surface area contributed by atoms with Crippen molar-refractivity contribution < 1.29 is 14.3 Å². The summed E-state index contributed by atoms with van der Waals surface area (Å²) in [7, 11) is 1.65. The molecule has 0 aromatic carbocycles. The molecular weight excluding hydrogens is 434 g/mol. The van der Waals surface area contributed by atoms with Gasteiger partial charge in [0.2, 0.25) is 0 Å². The van der Waals surface area contributed by atoms with Crippen molar-refractivity contribution in [3.05, 3.63) is 35.9 Å². The van der Waals surface area contributed by atoms with Crippen LogP contribution in [-0.4, -0.2) is 49.7 Å². The molecule has 0 aliphatic heterocycles. The number of anilines is 2. The molecule has 34 heavy (non-hydrogen) atoms. The predicted octanol–water partition coefficient (Wildman–Crippen LogP) is 4.34. The Hall–Kier alpha value is -3.14. The lowest BCUT2D eigenvalue weighted by Gasteiger charge is -2.22. The van der Waals surface area contributed by atoms with Gasteiger partial charge in [-0.05, 0) is 59.9 Å². The normalized spacial score (nSPS) is 18.6. The molecule has 3 aromatic rings. The van der Waals surface area contributed by atoms with Crippen molar-refractivity contribution in [1.82, 2.24) is 29.7 Å². The number of fused-ring (bicyclic) bond motifs is 1. The molecule has 0 unspecified atom stereocenters.